The smallest absolute Gasteiger partial charge is 0.0175 e. The number of rotatable bonds is 3. The zero-order valence-electron chi connectivity index (χ0n) is 6.83. The minimum absolute atomic E-state index is 0.290. The van der Waals surface area contributed by atoms with Gasteiger partial charge in [0.25, 0.3) is 0 Å². The summed E-state index contributed by atoms with van der Waals surface area (Å²) in [4.78, 5) is 0. The molecule has 1 rings (SSSR count). The summed E-state index contributed by atoms with van der Waals surface area (Å²) in [5, 5.41) is 0. The molecule has 66 valence electrons. The van der Waals surface area contributed by atoms with Crippen LogP contribution in [0.4, 0.5) is 0 Å². The van der Waals surface area contributed by atoms with E-state index in [1.807, 2.05) is 12.1 Å². The molecule has 12 heavy (non-hydrogen) atoms. The van der Waals surface area contributed by atoms with Crippen molar-refractivity contribution in [2.75, 3.05) is 13.1 Å². The van der Waals surface area contributed by atoms with Gasteiger partial charge < -0.3 is 11.5 Å². The SMILES string of the molecule is NCC(CN)c1ccc(Br)cc1. The Morgan fingerprint density at radius 3 is 2.00 bits per heavy atom. The van der Waals surface area contributed by atoms with Gasteiger partial charge in [-0.3, -0.25) is 0 Å². The molecule has 0 spiro atoms. The Kier molecular flexibility index (Phi) is 3.72. The summed E-state index contributed by atoms with van der Waals surface area (Å²) in [7, 11) is 0. The maximum Gasteiger partial charge on any atom is 0.0175 e. The van der Waals surface area contributed by atoms with Crippen molar-refractivity contribution < 1.29 is 0 Å². The lowest BCUT2D eigenvalue weighted by Gasteiger charge is -2.11. The van der Waals surface area contributed by atoms with E-state index in [4.69, 9.17) is 11.5 Å². The van der Waals surface area contributed by atoms with E-state index in [0.717, 1.165) is 4.47 Å². The Morgan fingerprint density at radius 2 is 1.58 bits per heavy atom. The van der Waals surface area contributed by atoms with Gasteiger partial charge in [-0.1, -0.05) is 28.1 Å². The maximum atomic E-state index is 5.56. The number of halogens is 1. The van der Waals surface area contributed by atoms with Gasteiger partial charge >= 0.3 is 0 Å². The Morgan fingerprint density at radius 1 is 1.08 bits per heavy atom. The summed E-state index contributed by atoms with van der Waals surface area (Å²) < 4.78 is 1.08. The van der Waals surface area contributed by atoms with Gasteiger partial charge in [0, 0.05) is 23.5 Å². The third kappa shape index (κ3) is 2.30. The Labute approximate surface area is 81.1 Å². The van der Waals surface area contributed by atoms with Crippen LogP contribution in [0.25, 0.3) is 0 Å². The molecule has 1 aromatic rings. The second-order valence-electron chi connectivity index (χ2n) is 2.72. The zero-order chi connectivity index (χ0) is 8.97. The van der Waals surface area contributed by atoms with Gasteiger partial charge in [-0.25, -0.2) is 0 Å². The fourth-order valence-electron chi connectivity index (χ4n) is 1.10. The molecule has 0 aliphatic rings. The largest absolute Gasteiger partial charge is 0.330 e. The van der Waals surface area contributed by atoms with Crippen molar-refractivity contribution in [3.63, 3.8) is 0 Å². The zero-order valence-corrected chi connectivity index (χ0v) is 8.42. The molecule has 1 aromatic carbocycles. The van der Waals surface area contributed by atoms with Crippen LogP contribution in [0, 0.1) is 0 Å². The Hall–Kier alpha value is -0.380. The molecular formula is C9H13BrN2. The predicted octanol–water partition coefficient (Wildman–Crippen LogP) is 1.45. The highest BCUT2D eigenvalue weighted by molar-refractivity contribution is 9.10. The van der Waals surface area contributed by atoms with E-state index < -0.39 is 0 Å². The molecule has 0 aliphatic carbocycles. The van der Waals surface area contributed by atoms with Crippen molar-refractivity contribution in [1.82, 2.24) is 0 Å². The third-order valence-corrected chi connectivity index (χ3v) is 2.44. The topological polar surface area (TPSA) is 52.0 Å². The van der Waals surface area contributed by atoms with Crippen LogP contribution in [0.3, 0.4) is 0 Å². The van der Waals surface area contributed by atoms with Crippen molar-refractivity contribution in [1.29, 1.82) is 0 Å². The van der Waals surface area contributed by atoms with E-state index in [0.29, 0.717) is 13.1 Å². The van der Waals surface area contributed by atoms with Crippen molar-refractivity contribution in [3.8, 4) is 0 Å². The van der Waals surface area contributed by atoms with E-state index in [9.17, 15) is 0 Å². The number of hydrogen-bond acceptors (Lipinski definition) is 2. The fraction of sp³-hybridized carbons (Fsp3) is 0.333. The monoisotopic (exact) mass is 228 g/mol. The van der Waals surface area contributed by atoms with Crippen LogP contribution in [0.1, 0.15) is 11.5 Å². The summed E-state index contributed by atoms with van der Waals surface area (Å²) >= 11 is 3.38. The van der Waals surface area contributed by atoms with Gasteiger partial charge in [0.15, 0.2) is 0 Å². The highest BCUT2D eigenvalue weighted by Gasteiger charge is 2.05. The number of hydrogen-bond donors (Lipinski definition) is 2. The molecule has 0 fully saturated rings. The standard InChI is InChI=1S/C9H13BrN2/c10-9-3-1-7(2-4-9)8(5-11)6-12/h1-4,8H,5-6,11-12H2. The number of nitrogens with two attached hydrogens (primary N) is 2. The van der Waals surface area contributed by atoms with Gasteiger partial charge in [0.2, 0.25) is 0 Å². The molecule has 2 nitrogen and oxygen atoms in total. The molecule has 4 N–H and O–H groups in total. The average Bonchev–Trinajstić information content (AvgIpc) is 2.10. The highest BCUT2D eigenvalue weighted by Crippen LogP contribution is 2.16. The first kappa shape index (κ1) is 9.71. The van der Waals surface area contributed by atoms with Crippen molar-refractivity contribution >= 4 is 15.9 Å². The maximum absolute atomic E-state index is 5.56. The summed E-state index contributed by atoms with van der Waals surface area (Å²) in [6.45, 7) is 1.22. The lowest BCUT2D eigenvalue weighted by atomic mass is 10.00. The second-order valence-corrected chi connectivity index (χ2v) is 3.64. The van der Waals surface area contributed by atoms with Crippen molar-refractivity contribution in [2.45, 2.75) is 5.92 Å². The van der Waals surface area contributed by atoms with E-state index in [2.05, 4.69) is 28.1 Å². The molecular weight excluding hydrogens is 216 g/mol. The Bertz CT molecular complexity index is 229. The van der Waals surface area contributed by atoms with Crippen molar-refractivity contribution in [3.05, 3.63) is 34.3 Å². The van der Waals surface area contributed by atoms with Gasteiger partial charge in [-0.15, -0.1) is 0 Å². The highest BCUT2D eigenvalue weighted by atomic mass is 79.9. The first-order valence-electron chi connectivity index (χ1n) is 3.93. The third-order valence-electron chi connectivity index (χ3n) is 1.91. The minimum atomic E-state index is 0.290. The molecule has 0 aliphatic heterocycles. The van der Waals surface area contributed by atoms with Gasteiger partial charge in [-0.05, 0) is 17.7 Å². The molecule has 0 saturated heterocycles. The van der Waals surface area contributed by atoms with E-state index in [1.54, 1.807) is 0 Å². The number of benzene rings is 1. The summed E-state index contributed by atoms with van der Waals surface area (Å²) in [6.07, 6.45) is 0. The van der Waals surface area contributed by atoms with Gasteiger partial charge in [0.05, 0.1) is 0 Å². The van der Waals surface area contributed by atoms with Crippen LogP contribution in [0.5, 0.6) is 0 Å². The summed E-state index contributed by atoms with van der Waals surface area (Å²) in [5.74, 6) is 0.290. The lowest BCUT2D eigenvalue weighted by Crippen LogP contribution is -2.20. The Balaban J connectivity index is 2.80. The summed E-state index contributed by atoms with van der Waals surface area (Å²) in [6, 6.07) is 8.12. The minimum Gasteiger partial charge on any atom is -0.330 e. The summed E-state index contributed by atoms with van der Waals surface area (Å²) in [5.41, 5.74) is 12.3. The molecule has 0 aromatic heterocycles. The van der Waals surface area contributed by atoms with Gasteiger partial charge in [-0.2, -0.15) is 0 Å². The molecule has 0 bridgehead atoms. The van der Waals surface area contributed by atoms with Crippen molar-refractivity contribution in [2.24, 2.45) is 11.5 Å². The quantitative estimate of drug-likeness (QED) is 0.824. The van der Waals surface area contributed by atoms with E-state index >= 15 is 0 Å². The van der Waals surface area contributed by atoms with E-state index in [1.165, 1.54) is 5.56 Å². The molecule has 0 saturated carbocycles. The van der Waals surface area contributed by atoms with Gasteiger partial charge in [0.1, 0.15) is 0 Å². The van der Waals surface area contributed by atoms with Crippen LogP contribution in [0.2, 0.25) is 0 Å². The van der Waals surface area contributed by atoms with E-state index in [-0.39, 0.29) is 5.92 Å². The molecule has 0 amide bonds. The first-order chi connectivity index (χ1) is 5.77. The molecule has 0 radical (unpaired) electrons. The molecule has 0 heterocycles. The van der Waals surface area contributed by atoms with Crippen LogP contribution < -0.4 is 11.5 Å². The molecule has 0 unspecified atom stereocenters. The van der Waals surface area contributed by atoms with Crippen LogP contribution in [-0.2, 0) is 0 Å². The lowest BCUT2D eigenvalue weighted by molar-refractivity contribution is 0.708. The first-order valence-corrected chi connectivity index (χ1v) is 4.73. The normalized spacial score (nSPS) is 10.7. The van der Waals surface area contributed by atoms with Crippen LogP contribution >= 0.6 is 15.9 Å². The molecule has 3 heteroatoms. The molecule has 0 atom stereocenters. The second kappa shape index (κ2) is 4.60. The van der Waals surface area contributed by atoms with Crippen LogP contribution in [-0.4, -0.2) is 13.1 Å². The predicted molar refractivity (Wildman–Crippen MR) is 55.0 cm³/mol. The van der Waals surface area contributed by atoms with Crippen LogP contribution in [0.15, 0.2) is 28.7 Å². The fourth-order valence-corrected chi connectivity index (χ4v) is 1.37. The average molecular weight is 229 g/mol.